The Morgan fingerprint density at radius 3 is 2.73 bits per heavy atom. The number of hydrogen-bond acceptors (Lipinski definition) is 6. The zero-order valence-electron chi connectivity index (χ0n) is 14.3. The summed E-state index contributed by atoms with van der Waals surface area (Å²) >= 11 is 1.10. The molecule has 1 atom stereocenters. The van der Waals surface area contributed by atoms with Crippen molar-refractivity contribution in [2.45, 2.75) is 30.6 Å². The van der Waals surface area contributed by atoms with Gasteiger partial charge in [0.05, 0.1) is 6.54 Å². The second kappa shape index (κ2) is 7.52. The highest BCUT2D eigenvalue weighted by Gasteiger charge is 2.28. The van der Waals surface area contributed by atoms with Crippen molar-refractivity contribution < 1.29 is 13.2 Å². The largest absolute Gasteiger partial charge is 0.347 e. The predicted molar refractivity (Wildman–Crippen MR) is 98.1 cm³/mol. The van der Waals surface area contributed by atoms with Crippen LogP contribution >= 0.6 is 11.3 Å². The quantitative estimate of drug-likeness (QED) is 0.631. The molecule has 10 heteroatoms. The molecule has 0 bridgehead atoms. The number of amides is 1. The van der Waals surface area contributed by atoms with Crippen LogP contribution < -0.4 is 10.0 Å². The number of nitrogens with one attached hydrogen (secondary N) is 2. The second-order valence-corrected chi connectivity index (χ2v) is 8.93. The van der Waals surface area contributed by atoms with Crippen LogP contribution in [-0.4, -0.2) is 35.0 Å². The van der Waals surface area contributed by atoms with Gasteiger partial charge in [-0.25, -0.2) is 8.42 Å². The fourth-order valence-corrected chi connectivity index (χ4v) is 4.78. The number of carbonyl (C=O) groups excluding carboxylic acids is 1. The molecule has 0 fully saturated rings. The van der Waals surface area contributed by atoms with E-state index in [0.717, 1.165) is 11.3 Å². The Bertz CT molecular complexity index is 996. The minimum atomic E-state index is -3.74. The van der Waals surface area contributed by atoms with Gasteiger partial charge in [-0.05, 0) is 29.5 Å². The number of hydrogen-bond donors (Lipinski definition) is 2. The van der Waals surface area contributed by atoms with Crippen LogP contribution in [0.2, 0.25) is 0 Å². The normalized spacial score (nSPS) is 13.2. The number of nitrogens with zero attached hydrogens (tertiary/aromatic N) is 3. The fraction of sp³-hybridized carbons (Fsp3) is 0.312. The molecule has 0 aliphatic carbocycles. The van der Waals surface area contributed by atoms with Gasteiger partial charge in [-0.15, -0.1) is 21.5 Å². The minimum Gasteiger partial charge on any atom is -0.347 e. The Hall–Kier alpha value is -2.30. The van der Waals surface area contributed by atoms with Gasteiger partial charge in [0.15, 0.2) is 11.5 Å². The van der Waals surface area contributed by atoms with Gasteiger partial charge in [0.2, 0.25) is 5.91 Å². The van der Waals surface area contributed by atoms with Gasteiger partial charge < -0.3 is 5.32 Å². The molecule has 0 saturated heterocycles. The standard InChI is InChI=1S/C16H19N5O3S2/c1-11(2)15(20-26(23,24)14-7-5-9-25-14)16(22)17-10-13-19-18-12-6-3-4-8-21(12)13/h3-9,11,15,20H,10H2,1-2H3,(H,17,22). The maximum Gasteiger partial charge on any atom is 0.250 e. The summed E-state index contributed by atoms with van der Waals surface area (Å²) in [7, 11) is -3.74. The summed E-state index contributed by atoms with van der Waals surface area (Å²) in [6, 6.07) is 7.77. The van der Waals surface area contributed by atoms with Gasteiger partial charge in [0, 0.05) is 6.20 Å². The van der Waals surface area contributed by atoms with E-state index in [2.05, 4.69) is 20.2 Å². The van der Waals surface area contributed by atoms with Crippen LogP contribution in [0.3, 0.4) is 0 Å². The Kier molecular flexibility index (Phi) is 5.35. The number of carbonyl (C=O) groups is 1. The average Bonchev–Trinajstić information content (AvgIpc) is 3.27. The first-order valence-electron chi connectivity index (χ1n) is 8.00. The number of sulfonamides is 1. The molecule has 0 spiro atoms. The lowest BCUT2D eigenvalue weighted by atomic mass is 10.1. The Morgan fingerprint density at radius 2 is 2.04 bits per heavy atom. The van der Waals surface area contributed by atoms with Gasteiger partial charge in [0.25, 0.3) is 10.0 Å². The lowest BCUT2D eigenvalue weighted by molar-refractivity contribution is -0.123. The molecule has 3 aromatic rings. The van der Waals surface area contributed by atoms with Gasteiger partial charge in [0.1, 0.15) is 10.3 Å². The Balaban J connectivity index is 1.71. The number of pyridine rings is 1. The fourth-order valence-electron chi connectivity index (χ4n) is 2.42. The van der Waals surface area contributed by atoms with E-state index in [1.807, 2.05) is 18.2 Å². The molecule has 3 heterocycles. The third-order valence-electron chi connectivity index (χ3n) is 3.80. The second-order valence-electron chi connectivity index (χ2n) is 6.04. The molecule has 138 valence electrons. The number of thiophene rings is 1. The summed E-state index contributed by atoms with van der Waals surface area (Å²) < 4.78 is 29.3. The summed E-state index contributed by atoms with van der Waals surface area (Å²) in [6.45, 7) is 3.72. The number of rotatable bonds is 7. The maximum atomic E-state index is 12.6. The van der Waals surface area contributed by atoms with Crippen molar-refractivity contribution in [3.05, 3.63) is 47.7 Å². The lowest BCUT2D eigenvalue weighted by Crippen LogP contribution is -2.49. The third-order valence-corrected chi connectivity index (χ3v) is 6.63. The molecule has 8 nitrogen and oxygen atoms in total. The smallest absolute Gasteiger partial charge is 0.250 e. The van der Waals surface area contributed by atoms with E-state index in [1.165, 1.54) is 6.07 Å². The highest BCUT2D eigenvalue weighted by Crippen LogP contribution is 2.17. The van der Waals surface area contributed by atoms with Crippen molar-refractivity contribution in [1.29, 1.82) is 0 Å². The summed E-state index contributed by atoms with van der Waals surface area (Å²) in [4.78, 5) is 12.6. The van der Waals surface area contributed by atoms with Gasteiger partial charge in [-0.1, -0.05) is 26.0 Å². The molecule has 1 unspecified atom stereocenters. The molecule has 0 aromatic carbocycles. The van der Waals surface area contributed by atoms with E-state index in [-0.39, 0.29) is 16.7 Å². The van der Waals surface area contributed by atoms with Gasteiger partial charge in [-0.3, -0.25) is 9.20 Å². The summed E-state index contributed by atoms with van der Waals surface area (Å²) in [5, 5.41) is 12.5. The van der Waals surface area contributed by atoms with Crippen molar-refractivity contribution in [2.24, 2.45) is 5.92 Å². The van der Waals surface area contributed by atoms with Crippen LogP contribution in [0.4, 0.5) is 0 Å². The monoisotopic (exact) mass is 393 g/mol. The average molecular weight is 393 g/mol. The molecule has 0 saturated carbocycles. The van der Waals surface area contributed by atoms with Crippen LogP contribution in [0, 0.1) is 5.92 Å². The van der Waals surface area contributed by atoms with Crippen LogP contribution in [-0.2, 0) is 21.4 Å². The van der Waals surface area contributed by atoms with Crippen molar-refractivity contribution in [2.75, 3.05) is 0 Å². The van der Waals surface area contributed by atoms with Crippen LogP contribution in [0.1, 0.15) is 19.7 Å². The first-order valence-corrected chi connectivity index (χ1v) is 10.4. The Morgan fingerprint density at radius 1 is 1.23 bits per heavy atom. The van der Waals surface area contributed by atoms with Crippen LogP contribution in [0.25, 0.3) is 5.65 Å². The van der Waals surface area contributed by atoms with Crippen LogP contribution in [0.15, 0.2) is 46.1 Å². The molecule has 3 aromatic heterocycles. The highest BCUT2D eigenvalue weighted by molar-refractivity contribution is 7.91. The summed E-state index contributed by atoms with van der Waals surface area (Å²) in [6.07, 6.45) is 1.80. The van der Waals surface area contributed by atoms with E-state index in [0.29, 0.717) is 11.5 Å². The lowest BCUT2D eigenvalue weighted by Gasteiger charge is -2.21. The van der Waals surface area contributed by atoms with E-state index in [9.17, 15) is 13.2 Å². The highest BCUT2D eigenvalue weighted by atomic mass is 32.2. The zero-order valence-corrected chi connectivity index (χ0v) is 15.9. The van der Waals surface area contributed by atoms with Gasteiger partial charge in [-0.2, -0.15) is 4.72 Å². The van der Waals surface area contributed by atoms with E-state index < -0.39 is 22.0 Å². The van der Waals surface area contributed by atoms with Crippen molar-refractivity contribution in [1.82, 2.24) is 24.6 Å². The third kappa shape index (κ3) is 3.92. The van der Waals surface area contributed by atoms with Crippen molar-refractivity contribution >= 4 is 32.9 Å². The predicted octanol–water partition coefficient (Wildman–Crippen LogP) is 1.41. The van der Waals surface area contributed by atoms with E-state index in [1.54, 1.807) is 35.9 Å². The molecule has 0 aliphatic rings. The molecule has 26 heavy (non-hydrogen) atoms. The molecule has 0 aliphatic heterocycles. The molecule has 1 amide bonds. The summed E-state index contributed by atoms with van der Waals surface area (Å²) in [5.74, 6) is -0.0646. The Labute approximate surface area is 155 Å². The summed E-state index contributed by atoms with van der Waals surface area (Å²) in [5.41, 5.74) is 0.676. The first-order chi connectivity index (χ1) is 12.4. The number of fused-ring (bicyclic) bond motifs is 1. The zero-order chi connectivity index (χ0) is 18.7. The minimum absolute atomic E-state index is 0.147. The van der Waals surface area contributed by atoms with Crippen molar-refractivity contribution in [3.8, 4) is 0 Å². The molecular formula is C16H19N5O3S2. The SMILES string of the molecule is CC(C)C(NS(=O)(=O)c1cccs1)C(=O)NCc1nnc2ccccn12. The first kappa shape index (κ1) is 18.5. The molecule has 3 rings (SSSR count). The number of aromatic nitrogens is 3. The van der Waals surface area contributed by atoms with E-state index in [4.69, 9.17) is 0 Å². The maximum absolute atomic E-state index is 12.6. The van der Waals surface area contributed by atoms with Crippen molar-refractivity contribution in [3.63, 3.8) is 0 Å². The van der Waals surface area contributed by atoms with Gasteiger partial charge >= 0.3 is 0 Å². The van der Waals surface area contributed by atoms with Crippen LogP contribution in [0.5, 0.6) is 0 Å². The molecule has 0 radical (unpaired) electrons. The molecule has 2 N–H and O–H groups in total. The molecular weight excluding hydrogens is 374 g/mol. The topological polar surface area (TPSA) is 105 Å². The van der Waals surface area contributed by atoms with E-state index >= 15 is 0 Å².